The highest BCUT2D eigenvalue weighted by Gasteiger charge is 2.48. The van der Waals surface area contributed by atoms with Crippen LogP contribution in [0.5, 0.6) is 0 Å². The second-order valence-corrected chi connectivity index (χ2v) is 8.66. The molecule has 1 aliphatic carbocycles. The van der Waals surface area contributed by atoms with Crippen molar-refractivity contribution in [3.63, 3.8) is 0 Å². The molecule has 1 aliphatic heterocycles. The maximum Gasteiger partial charge on any atom is 0.257 e. The summed E-state index contributed by atoms with van der Waals surface area (Å²) in [6.45, 7) is 5.74. The Labute approximate surface area is 166 Å². The summed E-state index contributed by atoms with van der Waals surface area (Å²) in [6.07, 6.45) is 4.90. The highest BCUT2D eigenvalue weighted by Crippen LogP contribution is 2.34. The predicted molar refractivity (Wildman–Crippen MR) is 105 cm³/mol. The van der Waals surface area contributed by atoms with Crippen molar-refractivity contribution in [2.45, 2.75) is 70.9 Å². The molecule has 1 heterocycles. The first-order valence-corrected chi connectivity index (χ1v) is 9.94. The molecule has 1 aromatic carbocycles. The molecule has 0 aromatic heterocycles. The number of nitrogens with zero attached hydrogens (tertiary/aromatic N) is 3. The Morgan fingerprint density at radius 1 is 1.11 bits per heavy atom. The number of carbonyl (C=O) groups is 3. The smallest absolute Gasteiger partial charge is 0.257 e. The molecule has 1 atom stereocenters. The van der Waals surface area contributed by atoms with Gasteiger partial charge in [0.05, 0.1) is 23.7 Å². The minimum absolute atomic E-state index is 0.00539. The summed E-state index contributed by atoms with van der Waals surface area (Å²) < 4.78 is 0. The minimum atomic E-state index is -0.780. The summed E-state index contributed by atoms with van der Waals surface area (Å²) in [7, 11) is 0. The fraction of sp³-hybridized carbons (Fsp3) is 0.545. The predicted octanol–water partition coefficient (Wildman–Crippen LogP) is 3.40. The van der Waals surface area contributed by atoms with Gasteiger partial charge in [0.2, 0.25) is 11.8 Å². The standard InChI is InChI=1S/C22H27N3O3/c1-22(2,3)25(20(27)16-7-5-4-6-8-16)18-13-19(26)24(21(18)28)17-11-9-15(14-23)10-12-17/h9-12,16,18H,4-8,13H2,1-3H3. The van der Waals surface area contributed by atoms with Crippen LogP contribution >= 0.6 is 0 Å². The van der Waals surface area contributed by atoms with Crippen LogP contribution in [0.25, 0.3) is 0 Å². The zero-order valence-electron chi connectivity index (χ0n) is 16.8. The molecule has 0 bridgehead atoms. The quantitative estimate of drug-likeness (QED) is 0.752. The van der Waals surface area contributed by atoms with Gasteiger partial charge in [-0.05, 0) is 57.9 Å². The lowest BCUT2D eigenvalue weighted by Crippen LogP contribution is -2.56. The zero-order valence-corrected chi connectivity index (χ0v) is 16.8. The number of nitriles is 1. The summed E-state index contributed by atoms with van der Waals surface area (Å²) in [6, 6.07) is 7.60. The molecule has 1 saturated heterocycles. The van der Waals surface area contributed by atoms with Crippen molar-refractivity contribution in [1.29, 1.82) is 5.26 Å². The fourth-order valence-corrected chi connectivity index (χ4v) is 4.27. The molecule has 28 heavy (non-hydrogen) atoms. The molecule has 1 unspecified atom stereocenters. The van der Waals surface area contributed by atoms with Crippen LogP contribution in [-0.4, -0.2) is 34.2 Å². The van der Waals surface area contributed by atoms with Gasteiger partial charge in [-0.25, -0.2) is 4.90 Å². The van der Waals surface area contributed by atoms with E-state index in [-0.39, 0.29) is 30.1 Å². The molecule has 3 rings (SSSR count). The van der Waals surface area contributed by atoms with Gasteiger partial charge in [-0.15, -0.1) is 0 Å². The normalized spacial score (nSPS) is 20.9. The van der Waals surface area contributed by atoms with E-state index in [4.69, 9.17) is 5.26 Å². The average Bonchev–Trinajstić information content (AvgIpc) is 2.95. The third-order valence-corrected chi connectivity index (χ3v) is 5.60. The first-order chi connectivity index (χ1) is 13.2. The van der Waals surface area contributed by atoms with E-state index in [1.165, 1.54) is 0 Å². The van der Waals surface area contributed by atoms with Crippen molar-refractivity contribution in [3.8, 4) is 6.07 Å². The van der Waals surface area contributed by atoms with Gasteiger partial charge in [-0.1, -0.05) is 19.3 Å². The van der Waals surface area contributed by atoms with Gasteiger partial charge in [0.25, 0.3) is 5.91 Å². The molecule has 0 N–H and O–H groups in total. The molecule has 1 aromatic rings. The summed E-state index contributed by atoms with van der Waals surface area (Å²) in [4.78, 5) is 42.0. The monoisotopic (exact) mass is 381 g/mol. The Kier molecular flexibility index (Phi) is 5.55. The topological polar surface area (TPSA) is 81.5 Å². The first-order valence-electron chi connectivity index (χ1n) is 9.94. The number of rotatable bonds is 3. The third kappa shape index (κ3) is 3.80. The molecular weight excluding hydrogens is 354 g/mol. The third-order valence-electron chi connectivity index (χ3n) is 5.60. The van der Waals surface area contributed by atoms with E-state index in [1.807, 2.05) is 26.8 Å². The van der Waals surface area contributed by atoms with Crippen molar-refractivity contribution < 1.29 is 14.4 Å². The second kappa shape index (κ2) is 7.75. The van der Waals surface area contributed by atoms with Gasteiger partial charge in [-0.3, -0.25) is 14.4 Å². The number of anilines is 1. The molecule has 0 radical (unpaired) electrons. The van der Waals surface area contributed by atoms with Crippen LogP contribution in [0.3, 0.4) is 0 Å². The van der Waals surface area contributed by atoms with Crippen LogP contribution in [0.15, 0.2) is 24.3 Å². The Balaban J connectivity index is 1.89. The molecule has 148 valence electrons. The van der Waals surface area contributed by atoms with Crippen LogP contribution in [0.2, 0.25) is 0 Å². The average molecular weight is 381 g/mol. The second-order valence-electron chi connectivity index (χ2n) is 8.66. The summed E-state index contributed by atoms with van der Waals surface area (Å²) in [5.74, 6) is -0.765. The van der Waals surface area contributed by atoms with Gasteiger partial charge in [0.1, 0.15) is 6.04 Å². The number of benzene rings is 1. The number of hydrogen-bond donors (Lipinski definition) is 0. The number of carbonyl (C=O) groups excluding carboxylic acids is 3. The van der Waals surface area contributed by atoms with Crippen molar-refractivity contribution in [3.05, 3.63) is 29.8 Å². The van der Waals surface area contributed by atoms with E-state index in [1.54, 1.807) is 29.2 Å². The van der Waals surface area contributed by atoms with Crippen LogP contribution in [0, 0.1) is 17.2 Å². The molecule has 2 aliphatic rings. The zero-order chi connectivity index (χ0) is 20.5. The Morgan fingerprint density at radius 2 is 1.71 bits per heavy atom. The Morgan fingerprint density at radius 3 is 2.25 bits per heavy atom. The van der Waals surface area contributed by atoms with E-state index in [9.17, 15) is 14.4 Å². The van der Waals surface area contributed by atoms with Crippen LogP contribution in [0.1, 0.15) is 64.9 Å². The van der Waals surface area contributed by atoms with Gasteiger partial charge < -0.3 is 4.90 Å². The van der Waals surface area contributed by atoms with Crippen LogP contribution in [-0.2, 0) is 14.4 Å². The van der Waals surface area contributed by atoms with Crippen molar-refractivity contribution in [2.75, 3.05) is 4.90 Å². The van der Waals surface area contributed by atoms with Crippen molar-refractivity contribution in [2.24, 2.45) is 5.92 Å². The van der Waals surface area contributed by atoms with Gasteiger partial charge in [0, 0.05) is 11.5 Å². The van der Waals surface area contributed by atoms with Gasteiger partial charge >= 0.3 is 0 Å². The lowest BCUT2D eigenvalue weighted by atomic mass is 9.86. The lowest BCUT2D eigenvalue weighted by Gasteiger charge is -2.41. The maximum atomic E-state index is 13.3. The molecule has 3 amide bonds. The first kappa shape index (κ1) is 20.1. The van der Waals surface area contributed by atoms with E-state index in [2.05, 4.69) is 0 Å². The van der Waals surface area contributed by atoms with Crippen LogP contribution < -0.4 is 4.90 Å². The lowest BCUT2D eigenvalue weighted by molar-refractivity contribution is -0.148. The van der Waals surface area contributed by atoms with Crippen LogP contribution in [0.4, 0.5) is 5.69 Å². The minimum Gasteiger partial charge on any atom is -0.325 e. The number of hydrogen-bond acceptors (Lipinski definition) is 4. The van der Waals surface area contributed by atoms with E-state index in [0.29, 0.717) is 11.3 Å². The number of amides is 3. The van der Waals surface area contributed by atoms with Crippen molar-refractivity contribution >= 4 is 23.4 Å². The van der Waals surface area contributed by atoms with Gasteiger partial charge in [0.15, 0.2) is 0 Å². The summed E-state index contributed by atoms with van der Waals surface area (Å²) in [5, 5.41) is 8.95. The molecule has 1 saturated carbocycles. The fourth-order valence-electron chi connectivity index (χ4n) is 4.27. The summed E-state index contributed by atoms with van der Waals surface area (Å²) >= 11 is 0. The van der Waals surface area contributed by atoms with E-state index in [0.717, 1.165) is 37.0 Å². The number of imide groups is 1. The molecule has 2 fully saturated rings. The van der Waals surface area contributed by atoms with Crippen molar-refractivity contribution in [1.82, 2.24) is 4.90 Å². The van der Waals surface area contributed by atoms with E-state index >= 15 is 0 Å². The van der Waals surface area contributed by atoms with E-state index < -0.39 is 11.6 Å². The Bertz CT molecular complexity index is 811. The maximum absolute atomic E-state index is 13.3. The largest absolute Gasteiger partial charge is 0.325 e. The molecular formula is C22H27N3O3. The highest BCUT2D eigenvalue weighted by molar-refractivity contribution is 6.23. The van der Waals surface area contributed by atoms with Gasteiger partial charge in [-0.2, -0.15) is 5.26 Å². The Hall–Kier alpha value is -2.68. The summed E-state index contributed by atoms with van der Waals surface area (Å²) in [5.41, 5.74) is 0.342. The molecule has 0 spiro atoms. The molecule has 6 heteroatoms. The SMILES string of the molecule is CC(C)(C)N(C(=O)C1CCCCC1)C1CC(=O)N(c2ccc(C#N)cc2)C1=O. The highest BCUT2D eigenvalue weighted by atomic mass is 16.2. The molecule has 6 nitrogen and oxygen atoms in total.